The van der Waals surface area contributed by atoms with Gasteiger partial charge >= 0.3 is 0 Å². The predicted molar refractivity (Wildman–Crippen MR) is 66.5 cm³/mol. The summed E-state index contributed by atoms with van der Waals surface area (Å²) >= 11 is 5.76. The molecule has 94 valence electrons. The summed E-state index contributed by atoms with van der Waals surface area (Å²) in [6.07, 6.45) is -0.0340. The van der Waals surface area contributed by atoms with Gasteiger partial charge in [0, 0.05) is 5.56 Å². The summed E-state index contributed by atoms with van der Waals surface area (Å²) in [5.41, 5.74) is 0.980. The fraction of sp³-hybridized carbons (Fsp3) is 0.538. The number of rotatable bonds is 4. The fourth-order valence-corrected chi connectivity index (χ4v) is 2.04. The van der Waals surface area contributed by atoms with Crippen molar-refractivity contribution in [2.75, 3.05) is 19.1 Å². The molecule has 17 heavy (non-hydrogen) atoms. The Bertz CT molecular complexity index is 365. The Balaban J connectivity index is 2.11. The highest BCUT2D eigenvalue weighted by Gasteiger charge is 2.38. The van der Waals surface area contributed by atoms with Gasteiger partial charge in [0.15, 0.2) is 5.79 Å². The van der Waals surface area contributed by atoms with Crippen LogP contribution in [0.4, 0.5) is 0 Å². The molecular weight excluding hydrogens is 240 g/mol. The lowest BCUT2D eigenvalue weighted by Gasteiger charge is -2.23. The van der Waals surface area contributed by atoms with E-state index in [1.807, 2.05) is 38.1 Å². The molecule has 0 aliphatic carbocycles. The second kappa shape index (κ2) is 5.25. The number of halogens is 1. The molecule has 1 aliphatic rings. The van der Waals surface area contributed by atoms with Crippen LogP contribution in [-0.4, -0.2) is 25.2 Å². The van der Waals surface area contributed by atoms with E-state index in [4.69, 9.17) is 25.8 Å². The van der Waals surface area contributed by atoms with Crippen LogP contribution in [0, 0.1) is 0 Å². The van der Waals surface area contributed by atoms with E-state index < -0.39 is 5.79 Å². The molecule has 4 heteroatoms. The molecule has 1 fully saturated rings. The number of alkyl halides is 1. The quantitative estimate of drug-likeness (QED) is 0.776. The molecule has 2 unspecified atom stereocenters. The van der Waals surface area contributed by atoms with Gasteiger partial charge in [0.05, 0.1) is 25.2 Å². The predicted octanol–water partition coefficient (Wildman–Crippen LogP) is 2.91. The molecule has 3 nitrogen and oxygen atoms in total. The Morgan fingerprint density at radius 3 is 2.65 bits per heavy atom. The maximum Gasteiger partial charge on any atom is 0.192 e. The normalized spacial score (nSPS) is 28.3. The molecule has 0 amide bonds. The highest BCUT2D eigenvalue weighted by atomic mass is 35.5. The third kappa shape index (κ3) is 2.73. The van der Waals surface area contributed by atoms with Crippen molar-refractivity contribution >= 4 is 11.6 Å². The van der Waals surface area contributed by atoms with Gasteiger partial charge in [-0.1, -0.05) is 0 Å². The Morgan fingerprint density at radius 2 is 2.12 bits per heavy atom. The largest absolute Gasteiger partial charge is 0.494 e. The van der Waals surface area contributed by atoms with E-state index in [1.54, 1.807) is 0 Å². The van der Waals surface area contributed by atoms with Crippen molar-refractivity contribution < 1.29 is 14.2 Å². The lowest BCUT2D eigenvalue weighted by Crippen LogP contribution is -2.24. The maximum atomic E-state index is 5.79. The topological polar surface area (TPSA) is 27.7 Å². The Labute approximate surface area is 107 Å². The number of ether oxygens (including phenoxy) is 3. The summed E-state index contributed by atoms with van der Waals surface area (Å²) in [6, 6.07) is 7.76. The van der Waals surface area contributed by atoms with Crippen molar-refractivity contribution in [3.63, 3.8) is 0 Å². The van der Waals surface area contributed by atoms with Gasteiger partial charge < -0.3 is 14.2 Å². The SMILES string of the molecule is CCOc1ccc(C2(C)OCC(CCl)O2)cc1. The molecule has 0 spiro atoms. The molecule has 1 heterocycles. The Hall–Kier alpha value is -0.770. The van der Waals surface area contributed by atoms with Crippen molar-refractivity contribution in [1.29, 1.82) is 0 Å². The lowest BCUT2D eigenvalue weighted by atomic mass is 10.1. The first-order valence-corrected chi connectivity index (χ1v) is 6.32. The minimum absolute atomic E-state index is 0.0340. The first-order valence-electron chi connectivity index (χ1n) is 5.79. The summed E-state index contributed by atoms with van der Waals surface area (Å²) in [5.74, 6) is 0.614. The smallest absolute Gasteiger partial charge is 0.192 e. The van der Waals surface area contributed by atoms with E-state index in [2.05, 4.69) is 0 Å². The lowest BCUT2D eigenvalue weighted by molar-refractivity contribution is -0.159. The second-order valence-corrected chi connectivity index (χ2v) is 4.42. The molecule has 1 aliphatic heterocycles. The average Bonchev–Trinajstić information content (AvgIpc) is 2.74. The molecule has 0 radical (unpaired) electrons. The van der Waals surface area contributed by atoms with Crippen molar-refractivity contribution in [1.82, 2.24) is 0 Å². The molecule has 0 saturated carbocycles. The highest BCUT2D eigenvalue weighted by Crippen LogP contribution is 2.34. The zero-order chi connectivity index (χ0) is 12.3. The van der Waals surface area contributed by atoms with Crippen LogP contribution in [0.2, 0.25) is 0 Å². The standard InChI is InChI=1S/C13H17ClO3/c1-3-15-11-6-4-10(5-7-11)13(2)16-9-12(8-14)17-13/h4-7,12H,3,8-9H2,1-2H3. The number of benzene rings is 1. The molecule has 1 aromatic rings. The van der Waals surface area contributed by atoms with Gasteiger partial charge in [-0.3, -0.25) is 0 Å². The summed E-state index contributed by atoms with van der Waals surface area (Å²) in [6.45, 7) is 5.07. The van der Waals surface area contributed by atoms with Gasteiger partial charge in [0.25, 0.3) is 0 Å². The van der Waals surface area contributed by atoms with Gasteiger partial charge in [0.2, 0.25) is 0 Å². The average molecular weight is 257 g/mol. The third-order valence-corrected chi connectivity index (χ3v) is 3.14. The molecule has 1 aromatic carbocycles. The van der Waals surface area contributed by atoms with Gasteiger partial charge in [-0.25, -0.2) is 0 Å². The summed E-state index contributed by atoms with van der Waals surface area (Å²) in [4.78, 5) is 0. The van der Waals surface area contributed by atoms with Crippen LogP contribution in [0.1, 0.15) is 19.4 Å². The first-order chi connectivity index (χ1) is 8.18. The zero-order valence-electron chi connectivity index (χ0n) is 10.1. The Kier molecular flexibility index (Phi) is 3.92. The van der Waals surface area contributed by atoms with Crippen LogP contribution < -0.4 is 4.74 Å². The molecule has 0 bridgehead atoms. The molecule has 2 atom stereocenters. The van der Waals surface area contributed by atoms with Crippen LogP contribution in [0.3, 0.4) is 0 Å². The molecule has 0 N–H and O–H groups in total. The van der Waals surface area contributed by atoms with Crippen molar-refractivity contribution in [2.45, 2.75) is 25.7 Å². The van der Waals surface area contributed by atoms with Crippen molar-refractivity contribution in [2.24, 2.45) is 0 Å². The van der Waals surface area contributed by atoms with Gasteiger partial charge in [-0.15, -0.1) is 11.6 Å². The van der Waals surface area contributed by atoms with Crippen LogP contribution >= 0.6 is 11.6 Å². The highest BCUT2D eigenvalue weighted by molar-refractivity contribution is 6.18. The monoisotopic (exact) mass is 256 g/mol. The molecular formula is C13H17ClO3. The minimum atomic E-state index is -0.690. The van der Waals surface area contributed by atoms with E-state index in [-0.39, 0.29) is 6.10 Å². The van der Waals surface area contributed by atoms with Gasteiger partial charge in [-0.2, -0.15) is 0 Å². The third-order valence-electron chi connectivity index (χ3n) is 2.80. The first kappa shape index (κ1) is 12.7. The van der Waals surface area contributed by atoms with E-state index in [1.165, 1.54) is 0 Å². The summed E-state index contributed by atoms with van der Waals surface area (Å²) in [5, 5.41) is 0. The van der Waals surface area contributed by atoms with Crippen LogP contribution in [-0.2, 0) is 15.3 Å². The molecule has 0 aromatic heterocycles. The Morgan fingerprint density at radius 1 is 1.41 bits per heavy atom. The van der Waals surface area contributed by atoms with E-state index in [0.29, 0.717) is 19.1 Å². The summed E-state index contributed by atoms with van der Waals surface area (Å²) in [7, 11) is 0. The van der Waals surface area contributed by atoms with Crippen molar-refractivity contribution in [3.05, 3.63) is 29.8 Å². The van der Waals surface area contributed by atoms with Gasteiger partial charge in [-0.05, 0) is 38.1 Å². The van der Waals surface area contributed by atoms with Crippen molar-refractivity contribution in [3.8, 4) is 5.75 Å². The fourth-order valence-electron chi connectivity index (χ4n) is 1.89. The van der Waals surface area contributed by atoms with E-state index in [9.17, 15) is 0 Å². The number of hydrogen-bond acceptors (Lipinski definition) is 3. The van der Waals surface area contributed by atoms with E-state index in [0.717, 1.165) is 11.3 Å². The summed E-state index contributed by atoms with van der Waals surface area (Å²) < 4.78 is 16.9. The second-order valence-electron chi connectivity index (χ2n) is 4.11. The zero-order valence-corrected chi connectivity index (χ0v) is 10.9. The van der Waals surface area contributed by atoms with Crippen LogP contribution in [0.25, 0.3) is 0 Å². The maximum absolute atomic E-state index is 5.79. The van der Waals surface area contributed by atoms with Gasteiger partial charge in [0.1, 0.15) is 5.75 Å². The van der Waals surface area contributed by atoms with Crippen LogP contribution in [0.5, 0.6) is 5.75 Å². The molecule has 1 saturated heterocycles. The minimum Gasteiger partial charge on any atom is -0.494 e. The number of hydrogen-bond donors (Lipinski definition) is 0. The van der Waals surface area contributed by atoms with Crippen LogP contribution in [0.15, 0.2) is 24.3 Å². The molecule has 2 rings (SSSR count). The van der Waals surface area contributed by atoms with E-state index >= 15 is 0 Å².